The molecule has 0 aliphatic rings. The Labute approximate surface area is 147 Å². The van der Waals surface area contributed by atoms with Crippen LogP contribution in [0.25, 0.3) is 0 Å². The van der Waals surface area contributed by atoms with E-state index >= 15 is 0 Å². The molecule has 126 valence electrons. The highest BCUT2D eigenvalue weighted by Gasteiger charge is 2.10. The smallest absolute Gasteiger partial charge is 0.274 e. The van der Waals surface area contributed by atoms with Crippen molar-refractivity contribution >= 4 is 23.0 Å². The van der Waals surface area contributed by atoms with E-state index < -0.39 is 0 Å². The first-order valence-electron chi connectivity index (χ1n) is 8.35. The molecule has 0 saturated carbocycles. The standard InChI is InChI=1S/C21H21N3O/c1-3-16-9-5-7-11-19(16)24-21(25)20-13-12-17(14-22-20)23-18-10-6-4-8-15(18)2/h4-14,23H,3H2,1-2H3,(H,24,25). The highest BCUT2D eigenvalue weighted by Crippen LogP contribution is 2.20. The molecule has 2 N–H and O–H groups in total. The second kappa shape index (κ2) is 7.62. The Hall–Kier alpha value is -3.14. The van der Waals surface area contributed by atoms with Crippen LogP contribution in [-0.2, 0) is 6.42 Å². The average Bonchev–Trinajstić information content (AvgIpc) is 2.64. The van der Waals surface area contributed by atoms with Crippen LogP contribution in [0.4, 0.5) is 17.1 Å². The van der Waals surface area contributed by atoms with E-state index in [1.807, 2.05) is 61.5 Å². The monoisotopic (exact) mass is 331 g/mol. The summed E-state index contributed by atoms with van der Waals surface area (Å²) >= 11 is 0. The maximum Gasteiger partial charge on any atom is 0.274 e. The number of pyridine rings is 1. The van der Waals surface area contributed by atoms with Crippen LogP contribution in [0.1, 0.15) is 28.5 Å². The van der Waals surface area contributed by atoms with Crippen molar-refractivity contribution in [3.63, 3.8) is 0 Å². The van der Waals surface area contributed by atoms with E-state index in [9.17, 15) is 4.79 Å². The number of anilines is 3. The van der Waals surface area contributed by atoms with Crippen molar-refractivity contribution in [1.82, 2.24) is 4.98 Å². The van der Waals surface area contributed by atoms with Gasteiger partial charge in [0.05, 0.1) is 11.9 Å². The summed E-state index contributed by atoms with van der Waals surface area (Å²) in [5.41, 5.74) is 5.35. The van der Waals surface area contributed by atoms with Gasteiger partial charge >= 0.3 is 0 Å². The minimum atomic E-state index is -0.205. The van der Waals surface area contributed by atoms with Gasteiger partial charge in [0.2, 0.25) is 0 Å². The SMILES string of the molecule is CCc1ccccc1NC(=O)c1ccc(Nc2ccccc2C)cn1. The number of carbonyl (C=O) groups is 1. The number of benzene rings is 2. The zero-order chi connectivity index (χ0) is 17.6. The van der Waals surface area contributed by atoms with Crippen LogP contribution in [-0.4, -0.2) is 10.9 Å². The molecule has 0 fully saturated rings. The largest absolute Gasteiger partial charge is 0.354 e. The van der Waals surface area contributed by atoms with Crippen molar-refractivity contribution in [2.24, 2.45) is 0 Å². The summed E-state index contributed by atoms with van der Waals surface area (Å²) in [6.07, 6.45) is 2.54. The molecule has 25 heavy (non-hydrogen) atoms. The third-order valence-electron chi connectivity index (χ3n) is 4.07. The second-order valence-corrected chi connectivity index (χ2v) is 5.84. The molecule has 0 unspecified atom stereocenters. The lowest BCUT2D eigenvalue weighted by atomic mass is 10.1. The highest BCUT2D eigenvalue weighted by molar-refractivity contribution is 6.03. The number of amides is 1. The molecule has 0 bridgehead atoms. The first kappa shape index (κ1) is 16.7. The van der Waals surface area contributed by atoms with Crippen LogP contribution in [0.3, 0.4) is 0 Å². The normalized spacial score (nSPS) is 10.3. The third kappa shape index (κ3) is 4.04. The second-order valence-electron chi connectivity index (χ2n) is 5.84. The molecule has 0 aliphatic carbocycles. The van der Waals surface area contributed by atoms with Gasteiger partial charge in [0, 0.05) is 11.4 Å². The van der Waals surface area contributed by atoms with Gasteiger partial charge in [-0.05, 0) is 48.7 Å². The molecule has 3 aromatic rings. The van der Waals surface area contributed by atoms with Gasteiger partial charge in [0.25, 0.3) is 5.91 Å². The Balaban J connectivity index is 1.71. The maximum absolute atomic E-state index is 12.4. The van der Waals surface area contributed by atoms with Crippen LogP contribution < -0.4 is 10.6 Å². The molecular weight excluding hydrogens is 310 g/mol. The molecule has 2 aromatic carbocycles. The molecule has 3 rings (SSSR count). The van der Waals surface area contributed by atoms with E-state index in [4.69, 9.17) is 0 Å². The van der Waals surface area contributed by atoms with Gasteiger partial charge in [-0.3, -0.25) is 4.79 Å². The Morgan fingerprint density at radius 3 is 2.36 bits per heavy atom. The number of carbonyl (C=O) groups excluding carboxylic acids is 1. The lowest BCUT2D eigenvalue weighted by Crippen LogP contribution is -2.14. The fraction of sp³-hybridized carbons (Fsp3) is 0.143. The fourth-order valence-electron chi connectivity index (χ4n) is 2.61. The Morgan fingerprint density at radius 1 is 0.960 bits per heavy atom. The number of nitrogens with one attached hydrogen (secondary N) is 2. The van der Waals surface area contributed by atoms with Crippen LogP contribution in [0, 0.1) is 6.92 Å². The molecule has 0 aliphatic heterocycles. The summed E-state index contributed by atoms with van der Waals surface area (Å²) in [7, 11) is 0. The number of aromatic nitrogens is 1. The minimum absolute atomic E-state index is 0.205. The summed E-state index contributed by atoms with van der Waals surface area (Å²) < 4.78 is 0. The van der Waals surface area contributed by atoms with Gasteiger partial charge in [-0.25, -0.2) is 4.98 Å². The van der Waals surface area contributed by atoms with E-state index in [-0.39, 0.29) is 5.91 Å². The lowest BCUT2D eigenvalue weighted by molar-refractivity contribution is 0.102. The molecule has 0 saturated heterocycles. The Bertz CT molecular complexity index is 872. The lowest BCUT2D eigenvalue weighted by Gasteiger charge is -2.11. The van der Waals surface area contributed by atoms with Crippen molar-refractivity contribution in [2.75, 3.05) is 10.6 Å². The predicted molar refractivity (Wildman–Crippen MR) is 102 cm³/mol. The third-order valence-corrected chi connectivity index (χ3v) is 4.07. The van der Waals surface area contributed by atoms with E-state index in [0.717, 1.165) is 34.6 Å². The van der Waals surface area contributed by atoms with Crippen molar-refractivity contribution in [2.45, 2.75) is 20.3 Å². The number of hydrogen-bond acceptors (Lipinski definition) is 3. The minimum Gasteiger partial charge on any atom is -0.354 e. The number of hydrogen-bond donors (Lipinski definition) is 2. The van der Waals surface area contributed by atoms with Crippen LogP contribution >= 0.6 is 0 Å². The van der Waals surface area contributed by atoms with Crippen molar-refractivity contribution in [3.8, 4) is 0 Å². The van der Waals surface area contributed by atoms with Crippen LogP contribution in [0.2, 0.25) is 0 Å². The quantitative estimate of drug-likeness (QED) is 0.695. The van der Waals surface area contributed by atoms with E-state index in [0.29, 0.717) is 5.69 Å². The summed E-state index contributed by atoms with van der Waals surface area (Å²) in [6, 6.07) is 19.4. The van der Waals surface area contributed by atoms with Gasteiger partial charge in [-0.15, -0.1) is 0 Å². The van der Waals surface area contributed by atoms with Crippen LogP contribution in [0.5, 0.6) is 0 Å². The molecule has 0 spiro atoms. The van der Waals surface area contributed by atoms with Gasteiger partial charge in [0.15, 0.2) is 0 Å². The molecule has 1 amide bonds. The van der Waals surface area contributed by atoms with Gasteiger partial charge in [-0.1, -0.05) is 43.3 Å². The fourth-order valence-corrected chi connectivity index (χ4v) is 2.61. The van der Waals surface area contributed by atoms with Crippen molar-refractivity contribution < 1.29 is 4.79 Å². The molecule has 1 heterocycles. The van der Waals surface area contributed by atoms with Gasteiger partial charge < -0.3 is 10.6 Å². The Kier molecular flexibility index (Phi) is 5.09. The zero-order valence-corrected chi connectivity index (χ0v) is 14.4. The topological polar surface area (TPSA) is 54.0 Å². The van der Waals surface area contributed by atoms with Crippen molar-refractivity contribution in [3.05, 3.63) is 83.7 Å². The molecular formula is C21H21N3O. The Morgan fingerprint density at radius 2 is 1.68 bits per heavy atom. The summed E-state index contributed by atoms with van der Waals surface area (Å²) in [5, 5.41) is 6.25. The molecule has 1 aromatic heterocycles. The molecule has 4 heteroatoms. The number of para-hydroxylation sites is 2. The van der Waals surface area contributed by atoms with E-state index in [2.05, 4.69) is 22.5 Å². The first-order chi connectivity index (χ1) is 12.2. The first-order valence-corrected chi connectivity index (χ1v) is 8.35. The molecule has 0 radical (unpaired) electrons. The van der Waals surface area contributed by atoms with Gasteiger partial charge in [-0.2, -0.15) is 0 Å². The number of rotatable bonds is 5. The number of aryl methyl sites for hydroxylation is 2. The summed E-state index contributed by atoms with van der Waals surface area (Å²) in [4.78, 5) is 16.7. The van der Waals surface area contributed by atoms with E-state index in [1.165, 1.54) is 0 Å². The molecule has 4 nitrogen and oxygen atoms in total. The van der Waals surface area contributed by atoms with Crippen LogP contribution in [0.15, 0.2) is 66.9 Å². The predicted octanol–water partition coefficient (Wildman–Crippen LogP) is 4.95. The zero-order valence-electron chi connectivity index (χ0n) is 14.4. The average molecular weight is 331 g/mol. The summed E-state index contributed by atoms with van der Waals surface area (Å²) in [5.74, 6) is -0.205. The number of nitrogens with zero attached hydrogens (tertiary/aromatic N) is 1. The van der Waals surface area contributed by atoms with Gasteiger partial charge in [0.1, 0.15) is 5.69 Å². The molecule has 0 atom stereocenters. The highest BCUT2D eigenvalue weighted by atomic mass is 16.1. The van der Waals surface area contributed by atoms with Crippen molar-refractivity contribution in [1.29, 1.82) is 0 Å². The maximum atomic E-state index is 12.4. The van der Waals surface area contributed by atoms with E-state index in [1.54, 1.807) is 12.3 Å². The summed E-state index contributed by atoms with van der Waals surface area (Å²) in [6.45, 7) is 4.11.